The van der Waals surface area contributed by atoms with E-state index in [4.69, 9.17) is 9.72 Å². The average molecular weight is 450 g/mol. The largest absolute Gasteiger partial charge is 0.385 e. The first-order valence-corrected chi connectivity index (χ1v) is 11.0. The first-order chi connectivity index (χ1) is 16.2. The lowest BCUT2D eigenvalue weighted by molar-refractivity contribution is 0.0710. The number of nitrogens with zero attached hydrogens (tertiary/aromatic N) is 4. The van der Waals surface area contributed by atoms with Crippen LogP contribution >= 0.6 is 0 Å². The zero-order chi connectivity index (χ0) is 22.6. The first-order valence-electron chi connectivity index (χ1n) is 11.0. The van der Waals surface area contributed by atoms with Crippen LogP contribution in [0.2, 0.25) is 0 Å². The Morgan fingerprint density at radius 2 is 1.79 bits per heavy atom. The van der Waals surface area contributed by atoms with Gasteiger partial charge in [-0.25, -0.2) is 23.7 Å². The molecule has 0 amide bonds. The van der Waals surface area contributed by atoms with E-state index in [9.17, 15) is 8.78 Å². The normalized spacial score (nSPS) is 14.5. The molecule has 1 fully saturated rings. The Hall–Kier alpha value is -3.59. The van der Waals surface area contributed by atoms with Crippen LogP contribution in [0.15, 0.2) is 54.7 Å². The molecule has 33 heavy (non-hydrogen) atoms. The third-order valence-electron chi connectivity index (χ3n) is 5.68. The number of halogens is 2. The van der Waals surface area contributed by atoms with E-state index in [1.165, 1.54) is 18.2 Å². The fourth-order valence-corrected chi connectivity index (χ4v) is 3.99. The van der Waals surface area contributed by atoms with E-state index in [1.807, 2.05) is 4.57 Å². The summed E-state index contributed by atoms with van der Waals surface area (Å²) in [6.07, 6.45) is 3.94. The van der Waals surface area contributed by atoms with Gasteiger partial charge in [0, 0.05) is 37.9 Å². The van der Waals surface area contributed by atoms with Gasteiger partial charge >= 0.3 is 0 Å². The molecule has 7 nitrogen and oxygen atoms in total. The van der Waals surface area contributed by atoms with Gasteiger partial charge in [-0.05, 0) is 49.2 Å². The van der Waals surface area contributed by atoms with Crippen molar-refractivity contribution in [3.05, 3.63) is 72.2 Å². The van der Waals surface area contributed by atoms with E-state index < -0.39 is 0 Å². The molecule has 4 aromatic rings. The van der Waals surface area contributed by atoms with Gasteiger partial charge in [-0.3, -0.25) is 4.57 Å². The van der Waals surface area contributed by atoms with Crippen LogP contribution in [-0.4, -0.2) is 39.3 Å². The summed E-state index contributed by atoms with van der Waals surface area (Å²) in [4.78, 5) is 13.9. The number of para-hydroxylation sites is 1. The lowest BCUT2D eigenvalue weighted by atomic mass is 10.1. The molecular formula is C24H24F2N6O. The summed E-state index contributed by atoms with van der Waals surface area (Å²) >= 11 is 0. The maximum absolute atomic E-state index is 14.3. The molecule has 3 heterocycles. The third kappa shape index (κ3) is 4.78. The summed E-state index contributed by atoms with van der Waals surface area (Å²) in [6, 6.07) is 12.9. The zero-order valence-electron chi connectivity index (χ0n) is 18.0. The summed E-state index contributed by atoms with van der Waals surface area (Å²) in [6.45, 7) is 1.91. The summed E-state index contributed by atoms with van der Waals surface area (Å²) in [5, 5.41) is 6.39. The predicted molar refractivity (Wildman–Crippen MR) is 123 cm³/mol. The van der Waals surface area contributed by atoms with Crippen molar-refractivity contribution in [3.63, 3.8) is 0 Å². The molecule has 2 aromatic carbocycles. The molecule has 0 spiro atoms. The number of nitrogens with one attached hydrogen (secondary N) is 2. The van der Waals surface area contributed by atoms with Crippen molar-refractivity contribution >= 4 is 28.5 Å². The molecule has 1 aliphatic heterocycles. The van der Waals surface area contributed by atoms with Crippen LogP contribution in [0.25, 0.3) is 11.2 Å². The molecule has 0 bridgehead atoms. The lowest BCUT2D eigenvalue weighted by Gasteiger charge is -2.25. The molecule has 0 aliphatic carbocycles. The SMILES string of the molecule is Fc1ccc(NCCc2ncc3nc(Nc4ccccc4F)n(C4CCOCC4)c3n2)cc1. The minimum Gasteiger partial charge on any atom is -0.385 e. The highest BCUT2D eigenvalue weighted by atomic mass is 19.1. The average Bonchev–Trinajstić information content (AvgIpc) is 3.19. The van der Waals surface area contributed by atoms with Crippen molar-refractivity contribution in [1.82, 2.24) is 19.5 Å². The van der Waals surface area contributed by atoms with Crippen molar-refractivity contribution in [1.29, 1.82) is 0 Å². The van der Waals surface area contributed by atoms with Gasteiger partial charge in [0.1, 0.15) is 23.0 Å². The van der Waals surface area contributed by atoms with Gasteiger partial charge in [-0.1, -0.05) is 12.1 Å². The molecule has 0 saturated carbocycles. The number of benzene rings is 2. The third-order valence-corrected chi connectivity index (χ3v) is 5.68. The highest BCUT2D eigenvalue weighted by Crippen LogP contribution is 2.31. The fourth-order valence-electron chi connectivity index (χ4n) is 3.99. The number of ether oxygens (including phenoxy) is 1. The highest BCUT2D eigenvalue weighted by molar-refractivity contribution is 5.75. The summed E-state index contributed by atoms with van der Waals surface area (Å²) < 4.78 is 35.0. The van der Waals surface area contributed by atoms with E-state index >= 15 is 0 Å². The molecule has 0 atom stereocenters. The first kappa shape index (κ1) is 21.3. The monoisotopic (exact) mass is 450 g/mol. The van der Waals surface area contributed by atoms with E-state index in [-0.39, 0.29) is 17.7 Å². The van der Waals surface area contributed by atoms with Gasteiger partial charge < -0.3 is 15.4 Å². The van der Waals surface area contributed by atoms with Crippen LogP contribution in [-0.2, 0) is 11.2 Å². The lowest BCUT2D eigenvalue weighted by Crippen LogP contribution is -2.21. The Morgan fingerprint density at radius 1 is 1.00 bits per heavy atom. The number of rotatable bonds is 7. The number of imidazole rings is 1. The second-order valence-electron chi connectivity index (χ2n) is 7.93. The maximum Gasteiger partial charge on any atom is 0.210 e. The Morgan fingerprint density at radius 3 is 2.58 bits per heavy atom. The van der Waals surface area contributed by atoms with Gasteiger partial charge in [0.05, 0.1) is 11.9 Å². The molecule has 0 radical (unpaired) electrons. The molecule has 2 aromatic heterocycles. The molecule has 170 valence electrons. The Bertz CT molecular complexity index is 1240. The van der Waals surface area contributed by atoms with Gasteiger partial charge in [-0.15, -0.1) is 0 Å². The molecule has 1 saturated heterocycles. The van der Waals surface area contributed by atoms with Gasteiger partial charge in [0.2, 0.25) is 5.95 Å². The van der Waals surface area contributed by atoms with Crippen molar-refractivity contribution in [2.45, 2.75) is 25.3 Å². The fraction of sp³-hybridized carbons (Fsp3) is 0.292. The van der Waals surface area contributed by atoms with E-state index in [2.05, 4.69) is 20.6 Å². The Kier molecular flexibility index (Phi) is 6.12. The van der Waals surface area contributed by atoms with Gasteiger partial charge in [0.25, 0.3) is 0 Å². The Balaban J connectivity index is 1.42. The van der Waals surface area contributed by atoms with Crippen molar-refractivity contribution < 1.29 is 13.5 Å². The van der Waals surface area contributed by atoms with E-state index in [0.29, 0.717) is 54.8 Å². The van der Waals surface area contributed by atoms with Crippen molar-refractivity contribution in [3.8, 4) is 0 Å². The number of aromatic nitrogens is 4. The minimum atomic E-state index is -0.346. The second kappa shape index (κ2) is 9.50. The standard InChI is InChI=1S/C24H24F2N6O/c25-16-5-7-17(8-6-16)27-12-9-22-28-15-21-23(31-22)32(18-10-13-33-14-11-18)24(30-21)29-20-4-2-1-3-19(20)26/h1-8,15,18,27H,9-14H2,(H,29,30). The number of anilines is 3. The second-order valence-corrected chi connectivity index (χ2v) is 7.93. The highest BCUT2D eigenvalue weighted by Gasteiger charge is 2.24. The topological polar surface area (TPSA) is 76.9 Å². The number of hydrogen-bond donors (Lipinski definition) is 2. The maximum atomic E-state index is 14.3. The van der Waals surface area contributed by atoms with Crippen LogP contribution in [0.5, 0.6) is 0 Å². The van der Waals surface area contributed by atoms with E-state index in [0.717, 1.165) is 18.5 Å². The van der Waals surface area contributed by atoms with Crippen LogP contribution in [0.4, 0.5) is 26.1 Å². The summed E-state index contributed by atoms with van der Waals surface area (Å²) in [5.74, 6) is 0.595. The number of fused-ring (bicyclic) bond motifs is 1. The van der Waals surface area contributed by atoms with Crippen LogP contribution < -0.4 is 10.6 Å². The smallest absolute Gasteiger partial charge is 0.210 e. The van der Waals surface area contributed by atoms with E-state index in [1.54, 1.807) is 36.5 Å². The predicted octanol–water partition coefficient (Wildman–Crippen LogP) is 4.85. The molecular weight excluding hydrogens is 426 g/mol. The molecule has 0 unspecified atom stereocenters. The zero-order valence-corrected chi connectivity index (χ0v) is 18.0. The van der Waals surface area contributed by atoms with Crippen molar-refractivity contribution in [2.75, 3.05) is 30.4 Å². The van der Waals surface area contributed by atoms with Gasteiger partial charge in [0.15, 0.2) is 5.65 Å². The summed E-state index contributed by atoms with van der Waals surface area (Å²) in [5.41, 5.74) is 2.56. The molecule has 1 aliphatic rings. The van der Waals surface area contributed by atoms with Crippen LogP contribution in [0, 0.1) is 11.6 Å². The van der Waals surface area contributed by atoms with Crippen molar-refractivity contribution in [2.24, 2.45) is 0 Å². The quantitative estimate of drug-likeness (QED) is 0.419. The van der Waals surface area contributed by atoms with Crippen LogP contribution in [0.3, 0.4) is 0 Å². The molecule has 5 rings (SSSR count). The summed E-state index contributed by atoms with van der Waals surface area (Å²) in [7, 11) is 0. The van der Waals surface area contributed by atoms with Crippen LogP contribution in [0.1, 0.15) is 24.7 Å². The minimum absolute atomic E-state index is 0.137. The number of hydrogen-bond acceptors (Lipinski definition) is 6. The molecule has 2 N–H and O–H groups in total. The van der Waals surface area contributed by atoms with Gasteiger partial charge in [-0.2, -0.15) is 0 Å². The molecule has 9 heteroatoms. The Labute approximate surface area is 189 Å².